The summed E-state index contributed by atoms with van der Waals surface area (Å²) in [6.07, 6.45) is -3.66. The molecule has 3 aromatic rings. The minimum atomic E-state index is -4.81. The number of hydrogen-bond donors (Lipinski definition) is 0. The first-order chi connectivity index (χ1) is 15.7. The van der Waals surface area contributed by atoms with Crippen LogP contribution < -0.4 is 9.75 Å². The van der Waals surface area contributed by atoms with Crippen LogP contribution in [0.25, 0.3) is 6.08 Å². The van der Waals surface area contributed by atoms with Gasteiger partial charge in [0.2, 0.25) is 0 Å². The predicted octanol–water partition coefficient (Wildman–Crippen LogP) is 6.52. The van der Waals surface area contributed by atoms with Crippen LogP contribution in [-0.4, -0.2) is 17.8 Å². The molecule has 9 heteroatoms. The summed E-state index contributed by atoms with van der Waals surface area (Å²) >= 11 is 3.34. The minimum absolute atomic E-state index is 0.175. The number of benzene rings is 3. The van der Waals surface area contributed by atoms with E-state index in [2.05, 4.69) is 21.0 Å². The van der Waals surface area contributed by atoms with Gasteiger partial charge in [0, 0.05) is 0 Å². The first-order valence-corrected chi connectivity index (χ1v) is 10.5. The summed E-state index contributed by atoms with van der Waals surface area (Å²) in [7, 11) is 0. The van der Waals surface area contributed by atoms with E-state index in [1.807, 2.05) is 0 Å². The number of carbonyl (C=O) groups excluding carboxylic acids is 1. The maximum absolute atomic E-state index is 13.6. The number of hydrogen-bond acceptors (Lipinski definition) is 3. The maximum Gasteiger partial charge on any atom is 0.435 e. The molecule has 4 nitrogen and oxygen atoms in total. The van der Waals surface area contributed by atoms with Crippen LogP contribution in [0.3, 0.4) is 0 Å². The van der Waals surface area contributed by atoms with Crippen molar-refractivity contribution in [2.45, 2.75) is 12.8 Å². The average Bonchev–Trinajstić information content (AvgIpc) is 3.11. The summed E-state index contributed by atoms with van der Waals surface area (Å²) in [6, 6.07) is 18.4. The first-order valence-electron chi connectivity index (χ1n) is 9.66. The van der Waals surface area contributed by atoms with Crippen molar-refractivity contribution in [1.82, 2.24) is 0 Å². The van der Waals surface area contributed by atoms with Gasteiger partial charge >= 0.3 is 6.18 Å². The average molecular weight is 519 g/mol. The van der Waals surface area contributed by atoms with Crippen molar-refractivity contribution in [3.8, 4) is 5.75 Å². The zero-order valence-corrected chi connectivity index (χ0v) is 18.4. The molecule has 168 valence electrons. The highest BCUT2D eigenvalue weighted by molar-refractivity contribution is 9.10. The van der Waals surface area contributed by atoms with Gasteiger partial charge in [0.15, 0.2) is 5.71 Å². The summed E-state index contributed by atoms with van der Waals surface area (Å²) in [6.45, 7) is 0.175. The fraction of sp³-hybridized carbons (Fsp3) is 0.0833. The largest absolute Gasteiger partial charge is 0.488 e. The number of ether oxygens (including phenoxy) is 1. The topological polar surface area (TPSA) is 41.9 Å². The third kappa shape index (κ3) is 5.14. The highest BCUT2D eigenvalue weighted by Crippen LogP contribution is 2.34. The molecule has 0 bridgehead atoms. The molecule has 3 aromatic carbocycles. The van der Waals surface area contributed by atoms with Gasteiger partial charge in [-0.3, -0.25) is 4.79 Å². The van der Waals surface area contributed by atoms with Gasteiger partial charge in [-0.05, 0) is 69.5 Å². The fourth-order valence-corrected chi connectivity index (χ4v) is 3.64. The number of hydrazone groups is 1. The molecule has 0 saturated heterocycles. The Kier molecular flexibility index (Phi) is 6.33. The molecule has 0 radical (unpaired) electrons. The lowest BCUT2D eigenvalue weighted by atomic mass is 10.1. The molecule has 33 heavy (non-hydrogen) atoms. The van der Waals surface area contributed by atoms with Crippen LogP contribution in [0.1, 0.15) is 11.1 Å². The molecule has 0 unspecified atom stereocenters. The summed E-state index contributed by atoms with van der Waals surface area (Å²) in [5.41, 5.74) is -0.481. The number of anilines is 1. The van der Waals surface area contributed by atoms with E-state index < -0.39 is 23.4 Å². The normalized spacial score (nSPS) is 15.2. The van der Waals surface area contributed by atoms with Crippen molar-refractivity contribution in [2.24, 2.45) is 5.10 Å². The summed E-state index contributed by atoms with van der Waals surface area (Å²) in [5, 5.41) is 4.28. The molecule has 0 saturated carbocycles. The van der Waals surface area contributed by atoms with Gasteiger partial charge in [-0.25, -0.2) is 4.39 Å². The molecular weight excluding hydrogens is 504 g/mol. The Balaban J connectivity index is 1.59. The number of para-hydroxylation sites is 1. The van der Waals surface area contributed by atoms with Crippen molar-refractivity contribution in [2.75, 3.05) is 5.01 Å². The number of nitrogens with zero attached hydrogens (tertiary/aromatic N) is 2. The monoisotopic (exact) mass is 518 g/mol. The van der Waals surface area contributed by atoms with E-state index in [0.29, 0.717) is 15.8 Å². The van der Waals surface area contributed by atoms with Crippen LogP contribution >= 0.6 is 15.9 Å². The number of carbonyl (C=O) groups is 1. The zero-order valence-electron chi connectivity index (χ0n) is 16.8. The third-order valence-corrected chi connectivity index (χ3v) is 5.34. The highest BCUT2D eigenvalue weighted by Gasteiger charge is 2.46. The molecule has 1 heterocycles. The lowest BCUT2D eigenvalue weighted by Gasteiger charge is -2.11. The molecule has 1 aliphatic heterocycles. The van der Waals surface area contributed by atoms with Gasteiger partial charge in [0.25, 0.3) is 5.91 Å². The van der Waals surface area contributed by atoms with E-state index in [1.54, 1.807) is 42.5 Å². The quantitative estimate of drug-likeness (QED) is 0.285. The van der Waals surface area contributed by atoms with Crippen LogP contribution in [0.4, 0.5) is 23.2 Å². The highest BCUT2D eigenvalue weighted by atomic mass is 79.9. The fourth-order valence-electron chi connectivity index (χ4n) is 3.13. The van der Waals surface area contributed by atoms with Crippen LogP contribution in [0.2, 0.25) is 0 Å². The molecule has 0 spiro atoms. The molecule has 0 fully saturated rings. The van der Waals surface area contributed by atoms with Gasteiger partial charge in [-0.15, -0.1) is 0 Å². The van der Waals surface area contributed by atoms with Crippen LogP contribution in [-0.2, 0) is 11.4 Å². The molecule has 1 aliphatic rings. The van der Waals surface area contributed by atoms with Crippen LogP contribution in [0.5, 0.6) is 5.75 Å². The molecular formula is C24H15BrF4N2O2. The number of amides is 1. The van der Waals surface area contributed by atoms with Crippen molar-refractivity contribution in [3.63, 3.8) is 0 Å². The Hall–Kier alpha value is -3.46. The molecule has 0 aliphatic carbocycles. The number of halogens is 5. The lowest BCUT2D eigenvalue weighted by molar-refractivity contribution is -0.114. The minimum Gasteiger partial charge on any atom is -0.488 e. The second kappa shape index (κ2) is 9.19. The zero-order chi connectivity index (χ0) is 23.6. The second-order valence-electron chi connectivity index (χ2n) is 7.06. The number of rotatable bonds is 5. The maximum atomic E-state index is 13.6. The van der Waals surface area contributed by atoms with E-state index in [1.165, 1.54) is 30.3 Å². The lowest BCUT2D eigenvalue weighted by Crippen LogP contribution is -2.25. The first kappa shape index (κ1) is 22.7. The Bertz CT molecular complexity index is 1240. The van der Waals surface area contributed by atoms with Crippen molar-refractivity contribution in [3.05, 3.63) is 99.8 Å². The van der Waals surface area contributed by atoms with Gasteiger partial charge in [-0.1, -0.05) is 36.4 Å². The summed E-state index contributed by atoms with van der Waals surface area (Å²) in [4.78, 5) is 12.8. The van der Waals surface area contributed by atoms with E-state index >= 15 is 0 Å². The van der Waals surface area contributed by atoms with E-state index in [9.17, 15) is 22.4 Å². The van der Waals surface area contributed by atoms with E-state index in [4.69, 9.17) is 4.74 Å². The smallest absolute Gasteiger partial charge is 0.435 e. The van der Waals surface area contributed by atoms with Gasteiger partial charge in [0.1, 0.15) is 18.2 Å². The van der Waals surface area contributed by atoms with Crippen molar-refractivity contribution >= 4 is 39.3 Å². The molecule has 0 atom stereocenters. The second-order valence-corrected chi connectivity index (χ2v) is 7.92. The molecule has 1 amide bonds. The number of alkyl halides is 3. The standard InChI is InChI=1S/C24H15BrF4N2O2/c25-20-13-16(8-11-21(20)33-14-15-6-9-17(26)10-7-15)12-19-22(24(27,28)29)30-31(23(19)32)18-4-2-1-3-5-18/h1-13H,14H2/b19-12-. The SMILES string of the molecule is O=C1/C(=C\c2ccc(OCc3ccc(F)cc3)c(Br)c2)C(C(F)(F)F)=NN1c1ccccc1. The molecule has 4 rings (SSSR count). The van der Waals surface area contributed by atoms with Crippen molar-refractivity contribution in [1.29, 1.82) is 0 Å². The van der Waals surface area contributed by atoms with E-state index in [-0.39, 0.29) is 18.1 Å². The van der Waals surface area contributed by atoms with Crippen molar-refractivity contribution < 1.29 is 27.1 Å². The Morgan fingerprint density at radius 1 is 1.00 bits per heavy atom. The summed E-state index contributed by atoms with van der Waals surface area (Å²) < 4.78 is 60.0. The van der Waals surface area contributed by atoms with E-state index in [0.717, 1.165) is 16.6 Å². The van der Waals surface area contributed by atoms with Crippen LogP contribution in [0, 0.1) is 5.82 Å². The Morgan fingerprint density at radius 2 is 1.70 bits per heavy atom. The van der Waals surface area contributed by atoms with Gasteiger partial charge in [0.05, 0.1) is 15.7 Å². The molecule has 0 aromatic heterocycles. The Labute approximate surface area is 194 Å². The van der Waals surface area contributed by atoms with Gasteiger partial charge in [-0.2, -0.15) is 23.3 Å². The third-order valence-electron chi connectivity index (χ3n) is 4.72. The van der Waals surface area contributed by atoms with Gasteiger partial charge < -0.3 is 4.74 Å². The molecule has 0 N–H and O–H groups in total. The predicted molar refractivity (Wildman–Crippen MR) is 120 cm³/mol. The Morgan fingerprint density at radius 3 is 2.33 bits per heavy atom. The van der Waals surface area contributed by atoms with Crippen LogP contribution in [0.15, 0.2) is 87.9 Å². The summed E-state index contributed by atoms with van der Waals surface area (Å²) in [5.74, 6) is -0.789.